The van der Waals surface area contributed by atoms with Crippen LogP contribution in [0.4, 0.5) is 0 Å². The molecule has 1 saturated heterocycles. The molecule has 0 aromatic rings. The van der Waals surface area contributed by atoms with E-state index >= 15 is 0 Å². The van der Waals surface area contributed by atoms with Gasteiger partial charge < -0.3 is 10.4 Å². The standard InChI is InChI=1S/C13H22N2O3/c16-11(17)10-14-12(18)13(6-2-1-3-7-13)15-8-4-5-9-15/h1-10H2,(H,14,18)(H,16,17). The van der Waals surface area contributed by atoms with Crippen molar-refractivity contribution in [2.45, 2.75) is 50.5 Å². The van der Waals surface area contributed by atoms with Gasteiger partial charge in [-0.05, 0) is 38.8 Å². The highest BCUT2D eigenvalue weighted by atomic mass is 16.4. The summed E-state index contributed by atoms with van der Waals surface area (Å²) in [6.07, 6.45) is 7.36. The van der Waals surface area contributed by atoms with Gasteiger partial charge in [-0.3, -0.25) is 14.5 Å². The van der Waals surface area contributed by atoms with Crippen LogP contribution in [0.15, 0.2) is 0 Å². The Morgan fingerprint density at radius 2 is 1.67 bits per heavy atom. The van der Waals surface area contributed by atoms with E-state index in [-0.39, 0.29) is 12.5 Å². The first-order valence-electron chi connectivity index (χ1n) is 6.90. The molecule has 0 atom stereocenters. The van der Waals surface area contributed by atoms with Gasteiger partial charge in [0.25, 0.3) is 0 Å². The fourth-order valence-corrected chi connectivity index (χ4v) is 3.29. The molecule has 18 heavy (non-hydrogen) atoms. The summed E-state index contributed by atoms with van der Waals surface area (Å²) in [5.41, 5.74) is -0.426. The molecule has 1 amide bonds. The maximum absolute atomic E-state index is 12.4. The number of carbonyl (C=O) groups is 2. The van der Waals surface area contributed by atoms with Crippen LogP contribution in [-0.2, 0) is 9.59 Å². The second-order valence-corrected chi connectivity index (χ2v) is 5.36. The molecule has 1 aliphatic heterocycles. The van der Waals surface area contributed by atoms with E-state index < -0.39 is 11.5 Å². The van der Waals surface area contributed by atoms with Crippen molar-refractivity contribution in [2.24, 2.45) is 0 Å². The zero-order chi connectivity index (χ0) is 13.0. The third kappa shape index (κ3) is 2.66. The molecule has 0 spiro atoms. The Hall–Kier alpha value is -1.10. The van der Waals surface area contributed by atoms with Gasteiger partial charge in [0.2, 0.25) is 5.91 Å². The van der Waals surface area contributed by atoms with E-state index in [1.165, 1.54) is 6.42 Å². The Morgan fingerprint density at radius 3 is 2.22 bits per heavy atom. The number of hydrogen-bond acceptors (Lipinski definition) is 3. The molecule has 0 aromatic carbocycles. The zero-order valence-corrected chi connectivity index (χ0v) is 10.8. The topological polar surface area (TPSA) is 69.6 Å². The molecule has 5 heteroatoms. The molecular weight excluding hydrogens is 232 g/mol. The van der Waals surface area contributed by atoms with Crippen molar-refractivity contribution in [3.8, 4) is 0 Å². The van der Waals surface area contributed by atoms with Crippen molar-refractivity contribution in [3.05, 3.63) is 0 Å². The van der Waals surface area contributed by atoms with Crippen molar-refractivity contribution in [1.29, 1.82) is 0 Å². The van der Waals surface area contributed by atoms with Crippen molar-refractivity contribution < 1.29 is 14.7 Å². The molecule has 0 unspecified atom stereocenters. The summed E-state index contributed by atoms with van der Waals surface area (Å²) in [5.74, 6) is -1.05. The minimum absolute atomic E-state index is 0.0773. The van der Waals surface area contributed by atoms with E-state index in [0.29, 0.717) is 0 Å². The maximum atomic E-state index is 12.4. The van der Waals surface area contributed by atoms with E-state index in [1.807, 2.05) is 0 Å². The molecule has 0 aromatic heterocycles. The van der Waals surface area contributed by atoms with Gasteiger partial charge in [-0.2, -0.15) is 0 Å². The van der Waals surface area contributed by atoms with E-state index in [4.69, 9.17) is 5.11 Å². The van der Waals surface area contributed by atoms with Crippen LogP contribution in [0.3, 0.4) is 0 Å². The summed E-state index contributed by atoms with van der Waals surface area (Å²) in [5, 5.41) is 11.3. The minimum atomic E-state index is -0.976. The summed E-state index contributed by atoms with van der Waals surface area (Å²) in [7, 11) is 0. The second-order valence-electron chi connectivity index (χ2n) is 5.36. The van der Waals surface area contributed by atoms with Crippen LogP contribution in [0, 0.1) is 0 Å². The number of nitrogens with zero attached hydrogens (tertiary/aromatic N) is 1. The van der Waals surface area contributed by atoms with Crippen LogP contribution in [0.1, 0.15) is 44.9 Å². The molecule has 2 rings (SSSR count). The monoisotopic (exact) mass is 254 g/mol. The van der Waals surface area contributed by atoms with E-state index in [0.717, 1.165) is 51.6 Å². The number of carboxylic acids is 1. The van der Waals surface area contributed by atoms with Crippen LogP contribution >= 0.6 is 0 Å². The summed E-state index contributed by atoms with van der Waals surface area (Å²) in [4.78, 5) is 25.3. The first kappa shape index (κ1) is 13.3. The van der Waals surface area contributed by atoms with Crippen LogP contribution in [-0.4, -0.2) is 47.1 Å². The van der Waals surface area contributed by atoms with Gasteiger partial charge in [0.15, 0.2) is 0 Å². The Bertz CT molecular complexity index is 318. The molecule has 1 heterocycles. The first-order valence-corrected chi connectivity index (χ1v) is 6.90. The predicted octanol–water partition coefficient (Wildman–Crippen LogP) is 0.986. The van der Waals surface area contributed by atoms with Crippen LogP contribution in [0.25, 0.3) is 0 Å². The van der Waals surface area contributed by atoms with Crippen molar-refractivity contribution in [1.82, 2.24) is 10.2 Å². The van der Waals surface area contributed by atoms with Gasteiger partial charge in [0, 0.05) is 0 Å². The quantitative estimate of drug-likeness (QED) is 0.785. The average Bonchev–Trinajstić information content (AvgIpc) is 2.91. The summed E-state index contributed by atoms with van der Waals surface area (Å²) < 4.78 is 0. The summed E-state index contributed by atoms with van der Waals surface area (Å²) >= 11 is 0. The summed E-state index contributed by atoms with van der Waals surface area (Å²) in [6.45, 7) is 1.68. The molecule has 5 nitrogen and oxygen atoms in total. The van der Waals surface area contributed by atoms with Gasteiger partial charge in [-0.25, -0.2) is 0 Å². The van der Waals surface area contributed by atoms with Gasteiger partial charge in [-0.1, -0.05) is 19.3 Å². The maximum Gasteiger partial charge on any atom is 0.322 e. The molecular formula is C13H22N2O3. The number of likely N-dealkylation sites (tertiary alicyclic amines) is 1. The van der Waals surface area contributed by atoms with Crippen molar-refractivity contribution in [3.63, 3.8) is 0 Å². The zero-order valence-electron chi connectivity index (χ0n) is 10.8. The molecule has 0 bridgehead atoms. The number of hydrogen-bond donors (Lipinski definition) is 2. The van der Waals surface area contributed by atoms with E-state index in [2.05, 4.69) is 10.2 Å². The summed E-state index contributed by atoms with van der Waals surface area (Å²) in [6, 6.07) is 0. The molecule has 1 saturated carbocycles. The molecule has 2 N–H and O–H groups in total. The third-order valence-electron chi connectivity index (χ3n) is 4.21. The fourth-order valence-electron chi connectivity index (χ4n) is 3.29. The first-order chi connectivity index (χ1) is 8.65. The number of carbonyl (C=O) groups excluding carboxylic acids is 1. The lowest BCUT2D eigenvalue weighted by Crippen LogP contribution is -2.59. The van der Waals surface area contributed by atoms with Crippen molar-refractivity contribution >= 4 is 11.9 Å². The molecule has 102 valence electrons. The lowest BCUT2D eigenvalue weighted by atomic mass is 9.79. The van der Waals surface area contributed by atoms with E-state index in [1.54, 1.807) is 0 Å². The Labute approximate surface area is 108 Å². The Balaban J connectivity index is 2.07. The number of rotatable bonds is 4. The highest BCUT2D eigenvalue weighted by molar-refractivity contribution is 5.89. The third-order valence-corrected chi connectivity index (χ3v) is 4.21. The molecule has 1 aliphatic carbocycles. The minimum Gasteiger partial charge on any atom is -0.480 e. The highest BCUT2D eigenvalue weighted by Crippen LogP contribution is 2.36. The highest BCUT2D eigenvalue weighted by Gasteiger charge is 2.45. The van der Waals surface area contributed by atoms with Crippen LogP contribution in [0.5, 0.6) is 0 Å². The average molecular weight is 254 g/mol. The Kier molecular flexibility index (Phi) is 4.22. The molecule has 2 fully saturated rings. The van der Waals surface area contributed by atoms with E-state index in [9.17, 15) is 9.59 Å². The number of nitrogens with one attached hydrogen (secondary N) is 1. The fraction of sp³-hybridized carbons (Fsp3) is 0.846. The number of carboxylic acid groups (broad SMARTS) is 1. The Morgan fingerprint density at radius 1 is 1.06 bits per heavy atom. The lowest BCUT2D eigenvalue weighted by molar-refractivity contribution is -0.142. The number of aliphatic carboxylic acids is 1. The number of amides is 1. The van der Waals surface area contributed by atoms with Crippen LogP contribution in [0.2, 0.25) is 0 Å². The largest absolute Gasteiger partial charge is 0.480 e. The normalized spacial score (nSPS) is 23.8. The lowest BCUT2D eigenvalue weighted by Gasteiger charge is -2.43. The SMILES string of the molecule is O=C(O)CNC(=O)C1(N2CCCC2)CCCCC1. The molecule has 0 radical (unpaired) electrons. The van der Waals surface area contributed by atoms with Gasteiger partial charge in [-0.15, -0.1) is 0 Å². The van der Waals surface area contributed by atoms with Crippen LogP contribution < -0.4 is 5.32 Å². The predicted molar refractivity (Wildman–Crippen MR) is 67.3 cm³/mol. The molecule has 2 aliphatic rings. The van der Waals surface area contributed by atoms with Gasteiger partial charge in [0.05, 0.1) is 0 Å². The second kappa shape index (κ2) is 5.69. The van der Waals surface area contributed by atoms with Gasteiger partial charge >= 0.3 is 5.97 Å². The smallest absolute Gasteiger partial charge is 0.322 e. The van der Waals surface area contributed by atoms with Gasteiger partial charge in [0.1, 0.15) is 12.1 Å². The van der Waals surface area contributed by atoms with Crippen molar-refractivity contribution in [2.75, 3.05) is 19.6 Å².